The first-order chi connectivity index (χ1) is 15.3. The summed E-state index contributed by atoms with van der Waals surface area (Å²) in [6.45, 7) is 2.17. The molecule has 2 amide bonds. The number of aromatic nitrogens is 3. The number of amides is 2. The molecule has 3 aromatic rings. The van der Waals surface area contributed by atoms with Crippen molar-refractivity contribution in [1.29, 1.82) is 0 Å². The maximum atomic E-state index is 13.2. The Morgan fingerprint density at radius 1 is 1.25 bits per heavy atom. The normalized spacial score (nSPS) is 18.5. The van der Waals surface area contributed by atoms with Crippen molar-refractivity contribution in [2.75, 3.05) is 18.4 Å². The fourth-order valence-electron chi connectivity index (χ4n) is 4.05. The Labute approximate surface area is 181 Å². The molecule has 0 spiro atoms. The average Bonchev–Trinajstić information content (AvgIpc) is 3.38. The van der Waals surface area contributed by atoms with Gasteiger partial charge >= 0.3 is 6.43 Å². The second-order valence-corrected chi connectivity index (χ2v) is 7.69. The fraction of sp³-hybridized carbons (Fsp3) is 0.333. The Kier molecular flexibility index (Phi) is 5.72. The van der Waals surface area contributed by atoms with Crippen LogP contribution >= 0.6 is 0 Å². The van der Waals surface area contributed by atoms with E-state index in [9.17, 15) is 22.8 Å². The molecule has 0 bridgehead atoms. The van der Waals surface area contributed by atoms with Gasteiger partial charge in [-0.05, 0) is 30.5 Å². The number of rotatable bonds is 6. The third kappa shape index (κ3) is 3.97. The van der Waals surface area contributed by atoms with E-state index in [1.807, 2.05) is 6.92 Å². The number of hydrogen-bond acceptors (Lipinski definition) is 5. The van der Waals surface area contributed by atoms with Gasteiger partial charge in [-0.1, -0.05) is 6.92 Å². The number of anilines is 1. The minimum Gasteiger partial charge on any atom is -0.378 e. The lowest BCUT2D eigenvalue weighted by atomic mass is 10.00. The first-order valence-electron chi connectivity index (χ1n) is 10.0. The number of carbonyl (C=O) groups excluding carboxylic acids is 2. The minimum atomic E-state index is -3.07. The third-order valence-corrected chi connectivity index (χ3v) is 5.76. The number of nitrogens with zero attached hydrogens (tertiary/aromatic N) is 4. The van der Waals surface area contributed by atoms with Gasteiger partial charge in [-0.25, -0.2) is 9.50 Å². The van der Waals surface area contributed by atoms with E-state index in [-0.39, 0.29) is 30.6 Å². The topological polar surface area (TPSA) is 106 Å². The molecule has 3 N–H and O–H groups in total. The molecule has 8 nitrogen and oxygen atoms in total. The maximum absolute atomic E-state index is 13.2. The van der Waals surface area contributed by atoms with E-state index < -0.39 is 24.2 Å². The second kappa shape index (κ2) is 8.48. The number of alkyl halides is 2. The van der Waals surface area contributed by atoms with Crippen LogP contribution in [0.4, 0.5) is 18.9 Å². The van der Waals surface area contributed by atoms with Crippen molar-refractivity contribution in [3.05, 3.63) is 48.3 Å². The van der Waals surface area contributed by atoms with E-state index in [4.69, 9.17) is 5.73 Å². The molecule has 1 aliphatic heterocycles. The van der Waals surface area contributed by atoms with Gasteiger partial charge in [0.1, 0.15) is 0 Å². The van der Waals surface area contributed by atoms with Gasteiger partial charge in [-0.2, -0.15) is 18.3 Å². The molecule has 1 fully saturated rings. The summed E-state index contributed by atoms with van der Waals surface area (Å²) in [4.78, 5) is 28.7. The SMILES string of the molecule is CC[C@@H]1CN(C(=O)C(F)F)C[C@H]1Nc1c(C(N)=O)cnn2cc(-c3ccc(F)nc3)cc12. The summed E-state index contributed by atoms with van der Waals surface area (Å²) in [5, 5.41) is 7.48. The van der Waals surface area contributed by atoms with Gasteiger partial charge in [-0.3, -0.25) is 9.59 Å². The summed E-state index contributed by atoms with van der Waals surface area (Å²) in [6, 6.07) is 4.18. The molecule has 0 aromatic carbocycles. The van der Waals surface area contributed by atoms with Gasteiger partial charge in [-0.15, -0.1) is 0 Å². The molecule has 2 atom stereocenters. The first kappa shape index (κ1) is 21.6. The van der Waals surface area contributed by atoms with Crippen molar-refractivity contribution in [2.24, 2.45) is 11.7 Å². The number of pyridine rings is 1. The fourth-order valence-corrected chi connectivity index (χ4v) is 4.05. The van der Waals surface area contributed by atoms with Crippen LogP contribution in [0.1, 0.15) is 23.7 Å². The number of fused-ring (bicyclic) bond motifs is 1. The van der Waals surface area contributed by atoms with Crippen molar-refractivity contribution >= 4 is 23.0 Å². The lowest BCUT2D eigenvalue weighted by molar-refractivity contribution is -0.141. The van der Waals surface area contributed by atoms with Gasteiger partial charge in [0.05, 0.1) is 23.0 Å². The van der Waals surface area contributed by atoms with Gasteiger partial charge in [0, 0.05) is 42.7 Å². The lowest BCUT2D eigenvalue weighted by Gasteiger charge is -2.21. The van der Waals surface area contributed by atoms with Gasteiger partial charge in [0.15, 0.2) is 0 Å². The summed E-state index contributed by atoms with van der Waals surface area (Å²) in [5.74, 6) is -2.62. The molecule has 4 heterocycles. The minimum absolute atomic E-state index is 0.0732. The summed E-state index contributed by atoms with van der Waals surface area (Å²) in [6.07, 6.45) is 1.97. The van der Waals surface area contributed by atoms with Crippen LogP contribution in [-0.4, -0.2) is 56.9 Å². The van der Waals surface area contributed by atoms with Crippen LogP contribution in [0.3, 0.4) is 0 Å². The summed E-state index contributed by atoms with van der Waals surface area (Å²) >= 11 is 0. The second-order valence-electron chi connectivity index (χ2n) is 7.69. The quantitative estimate of drug-likeness (QED) is 0.566. The van der Waals surface area contributed by atoms with E-state index >= 15 is 0 Å². The van der Waals surface area contributed by atoms with E-state index in [0.717, 1.165) is 4.90 Å². The third-order valence-electron chi connectivity index (χ3n) is 5.76. The number of nitrogens with two attached hydrogens (primary N) is 1. The Hall–Kier alpha value is -3.63. The molecule has 0 radical (unpaired) electrons. The van der Waals surface area contributed by atoms with Gasteiger partial charge in [0.25, 0.3) is 11.8 Å². The van der Waals surface area contributed by atoms with Crippen molar-refractivity contribution in [2.45, 2.75) is 25.8 Å². The highest BCUT2D eigenvalue weighted by atomic mass is 19.3. The first-order valence-corrected chi connectivity index (χ1v) is 10.0. The average molecular weight is 446 g/mol. The highest BCUT2D eigenvalue weighted by Gasteiger charge is 2.37. The summed E-state index contributed by atoms with van der Waals surface area (Å²) in [5.41, 5.74) is 7.93. The highest BCUT2D eigenvalue weighted by molar-refractivity contribution is 6.02. The van der Waals surface area contributed by atoms with E-state index in [1.165, 1.54) is 23.0 Å². The van der Waals surface area contributed by atoms with Crippen LogP contribution in [0.25, 0.3) is 16.6 Å². The van der Waals surface area contributed by atoms with Crippen LogP contribution in [0.2, 0.25) is 0 Å². The zero-order chi connectivity index (χ0) is 23.0. The molecule has 4 rings (SSSR count). The smallest absolute Gasteiger partial charge is 0.315 e. The summed E-state index contributed by atoms with van der Waals surface area (Å²) < 4.78 is 40.6. The largest absolute Gasteiger partial charge is 0.378 e. The zero-order valence-electron chi connectivity index (χ0n) is 17.1. The monoisotopic (exact) mass is 446 g/mol. The Morgan fingerprint density at radius 2 is 2.03 bits per heavy atom. The zero-order valence-corrected chi connectivity index (χ0v) is 17.1. The van der Waals surface area contributed by atoms with Crippen LogP contribution in [0, 0.1) is 11.9 Å². The number of primary amides is 1. The number of hydrogen-bond donors (Lipinski definition) is 2. The van der Waals surface area contributed by atoms with Crippen molar-refractivity contribution in [3.63, 3.8) is 0 Å². The van der Waals surface area contributed by atoms with Crippen LogP contribution in [0.15, 0.2) is 36.8 Å². The molecule has 0 saturated carbocycles. The van der Waals surface area contributed by atoms with Crippen molar-refractivity contribution < 1.29 is 22.8 Å². The van der Waals surface area contributed by atoms with Gasteiger partial charge < -0.3 is 16.0 Å². The van der Waals surface area contributed by atoms with E-state index in [1.54, 1.807) is 18.3 Å². The highest BCUT2D eigenvalue weighted by Crippen LogP contribution is 2.31. The summed E-state index contributed by atoms with van der Waals surface area (Å²) in [7, 11) is 0. The van der Waals surface area contributed by atoms with Crippen molar-refractivity contribution in [3.8, 4) is 11.1 Å². The molecular weight excluding hydrogens is 425 g/mol. The van der Waals surface area contributed by atoms with E-state index in [2.05, 4.69) is 15.4 Å². The maximum Gasteiger partial charge on any atom is 0.315 e. The van der Waals surface area contributed by atoms with Crippen LogP contribution in [0.5, 0.6) is 0 Å². The lowest BCUT2D eigenvalue weighted by Crippen LogP contribution is -2.35. The molecule has 0 aliphatic carbocycles. The Balaban J connectivity index is 1.73. The van der Waals surface area contributed by atoms with Crippen LogP contribution < -0.4 is 11.1 Å². The standard InChI is InChI=1S/C21H21F3N6O2/c1-2-11-8-29(21(32)19(23)24)10-15(11)28-18-14(20(25)31)7-27-30-9-13(5-16(18)30)12-3-4-17(22)26-6-12/h3-7,9,11,15,19,28H,2,8,10H2,1H3,(H2,25,31)/t11-,15-/m1/s1. The molecule has 1 aliphatic rings. The molecule has 1 saturated heterocycles. The number of nitrogens with one attached hydrogen (secondary N) is 1. The molecular formula is C21H21F3N6O2. The van der Waals surface area contributed by atoms with Crippen molar-refractivity contribution in [1.82, 2.24) is 19.5 Å². The number of halogens is 3. The van der Waals surface area contributed by atoms with Gasteiger partial charge in [0.2, 0.25) is 5.95 Å². The molecule has 0 unspecified atom stereocenters. The molecule has 3 aromatic heterocycles. The molecule has 11 heteroatoms. The Bertz CT molecular complexity index is 1160. The molecule has 168 valence electrons. The predicted octanol–water partition coefficient (Wildman–Crippen LogP) is 2.55. The predicted molar refractivity (Wildman–Crippen MR) is 111 cm³/mol. The number of carbonyl (C=O) groups is 2. The van der Waals surface area contributed by atoms with Crippen LogP contribution in [-0.2, 0) is 4.79 Å². The van der Waals surface area contributed by atoms with E-state index in [0.29, 0.717) is 28.8 Å². The molecule has 32 heavy (non-hydrogen) atoms. The number of likely N-dealkylation sites (tertiary alicyclic amines) is 1. The Morgan fingerprint density at radius 3 is 2.66 bits per heavy atom.